The molecule has 0 N–H and O–H groups in total. The second-order valence-electron chi connectivity index (χ2n) is 5.46. The molecule has 0 atom stereocenters. The summed E-state index contributed by atoms with van der Waals surface area (Å²) in [5.74, 6) is 0. The van der Waals surface area contributed by atoms with Crippen molar-refractivity contribution < 1.29 is 0 Å². The third-order valence-electron chi connectivity index (χ3n) is 4.02. The normalized spacial score (nSPS) is 17.1. The van der Waals surface area contributed by atoms with Crippen LogP contribution in [0.4, 0.5) is 0 Å². The average Bonchev–Trinajstić information content (AvgIpc) is 3.12. The van der Waals surface area contributed by atoms with E-state index in [0.717, 1.165) is 19.1 Å². The Bertz CT molecular complexity index is 419. The second-order valence-corrected chi connectivity index (χ2v) is 7.02. The number of hydrogen-bond donors (Lipinski definition) is 0. The van der Waals surface area contributed by atoms with E-state index in [1.54, 1.807) is 0 Å². The highest BCUT2D eigenvalue weighted by Crippen LogP contribution is 2.26. The molecular formula is C16H21NS2. The molecule has 2 aromatic rings. The van der Waals surface area contributed by atoms with Gasteiger partial charge in [0.2, 0.25) is 0 Å². The molecule has 19 heavy (non-hydrogen) atoms. The quantitative estimate of drug-likeness (QED) is 0.737. The summed E-state index contributed by atoms with van der Waals surface area (Å²) in [4.78, 5) is 2.70. The predicted molar refractivity (Wildman–Crippen MR) is 84.8 cm³/mol. The van der Waals surface area contributed by atoms with Crippen LogP contribution in [0.3, 0.4) is 0 Å². The molecule has 1 nitrogen and oxygen atoms in total. The summed E-state index contributed by atoms with van der Waals surface area (Å²) in [6.45, 7) is 2.23. The van der Waals surface area contributed by atoms with Crippen molar-refractivity contribution in [2.75, 3.05) is 0 Å². The Morgan fingerprint density at radius 3 is 1.95 bits per heavy atom. The smallest absolute Gasteiger partial charge is 0.0248 e. The number of rotatable bonds is 5. The number of hydrogen-bond acceptors (Lipinski definition) is 3. The molecule has 1 aliphatic carbocycles. The van der Waals surface area contributed by atoms with Crippen LogP contribution in [-0.2, 0) is 13.1 Å². The molecule has 2 aromatic heterocycles. The van der Waals surface area contributed by atoms with E-state index < -0.39 is 0 Å². The van der Waals surface area contributed by atoms with Gasteiger partial charge in [-0.15, -0.1) is 0 Å². The van der Waals surface area contributed by atoms with E-state index in [1.807, 2.05) is 22.7 Å². The van der Waals surface area contributed by atoms with Gasteiger partial charge in [-0.2, -0.15) is 22.7 Å². The highest BCUT2D eigenvalue weighted by atomic mass is 32.1. The van der Waals surface area contributed by atoms with Crippen molar-refractivity contribution in [1.82, 2.24) is 4.90 Å². The fourth-order valence-electron chi connectivity index (χ4n) is 2.99. The van der Waals surface area contributed by atoms with Gasteiger partial charge in [0, 0.05) is 19.1 Å². The zero-order valence-corrected chi connectivity index (χ0v) is 12.9. The summed E-state index contributed by atoms with van der Waals surface area (Å²) in [6, 6.07) is 5.33. The van der Waals surface area contributed by atoms with Crippen LogP contribution in [-0.4, -0.2) is 10.9 Å². The van der Waals surface area contributed by atoms with E-state index >= 15 is 0 Å². The minimum Gasteiger partial charge on any atom is -0.292 e. The van der Waals surface area contributed by atoms with E-state index in [9.17, 15) is 0 Å². The average molecular weight is 291 g/mol. The van der Waals surface area contributed by atoms with Gasteiger partial charge < -0.3 is 0 Å². The summed E-state index contributed by atoms with van der Waals surface area (Å²) < 4.78 is 0. The molecule has 0 radical (unpaired) electrons. The van der Waals surface area contributed by atoms with Crippen LogP contribution in [0.5, 0.6) is 0 Å². The van der Waals surface area contributed by atoms with Crippen LogP contribution >= 0.6 is 22.7 Å². The monoisotopic (exact) mass is 291 g/mol. The zero-order chi connectivity index (χ0) is 12.9. The van der Waals surface area contributed by atoms with Crippen LogP contribution in [0.1, 0.15) is 43.2 Å². The number of thiophene rings is 2. The fraction of sp³-hybridized carbons (Fsp3) is 0.500. The van der Waals surface area contributed by atoms with E-state index in [-0.39, 0.29) is 0 Å². The molecule has 0 aromatic carbocycles. The molecule has 0 bridgehead atoms. The molecule has 0 amide bonds. The maximum absolute atomic E-state index is 2.70. The van der Waals surface area contributed by atoms with Crippen LogP contribution in [0.2, 0.25) is 0 Å². The van der Waals surface area contributed by atoms with Gasteiger partial charge in [0.1, 0.15) is 0 Å². The van der Waals surface area contributed by atoms with Crippen molar-refractivity contribution in [2.45, 2.75) is 51.2 Å². The largest absolute Gasteiger partial charge is 0.292 e. The van der Waals surface area contributed by atoms with Gasteiger partial charge in [0.05, 0.1) is 0 Å². The Hall–Kier alpha value is -0.640. The lowest BCUT2D eigenvalue weighted by atomic mass is 9.93. The Labute approximate surface area is 123 Å². The maximum atomic E-state index is 2.70. The molecule has 0 aliphatic heterocycles. The summed E-state index contributed by atoms with van der Waals surface area (Å²) in [5, 5.41) is 8.98. The Morgan fingerprint density at radius 1 is 0.895 bits per heavy atom. The van der Waals surface area contributed by atoms with Crippen molar-refractivity contribution in [3.05, 3.63) is 44.8 Å². The Morgan fingerprint density at radius 2 is 1.47 bits per heavy atom. The third-order valence-corrected chi connectivity index (χ3v) is 5.49. The van der Waals surface area contributed by atoms with E-state index in [2.05, 4.69) is 38.6 Å². The van der Waals surface area contributed by atoms with E-state index in [0.29, 0.717) is 0 Å². The molecule has 102 valence electrons. The van der Waals surface area contributed by atoms with E-state index in [1.165, 1.54) is 43.2 Å². The topological polar surface area (TPSA) is 3.24 Å². The lowest BCUT2D eigenvalue weighted by Crippen LogP contribution is -2.35. The lowest BCUT2D eigenvalue weighted by Gasteiger charge is -2.34. The molecule has 2 heterocycles. The molecule has 0 spiro atoms. The maximum Gasteiger partial charge on any atom is 0.0248 e. The van der Waals surface area contributed by atoms with Crippen LogP contribution in [0, 0.1) is 0 Å². The second kappa shape index (κ2) is 6.69. The predicted octanol–water partition coefficient (Wildman–Crippen LogP) is 5.14. The first-order chi connectivity index (χ1) is 9.42. The fourth-order valence-corrected chi connectivity index (χ4v) is 4.31. The van der Waals surface area contributed by atoms with Crippen LogP contribution in [0.15, 0.2) is 33.7 Å². The standard InChI is InChI=1S/C16H21NS2/c1-2-4-16(5-3-1)17(10-14-6-8-18-12-14)11-15-7-9-19-13-15/h6-9,12-13,16H,1-5,10-11H2. The van der Waals surface area contributed by atoms with Gasteiger partial charge in [-0.1, -0.05) is 19.3 Å². The number of nitrogens with zero attached hydrogens (tertiary/aromatic N) is 1. The Balaban J connectivity index is 1.70. The molecule has 1 fully saturated rings. The Kier molecular flexibility index (Phi) is 4.70. The van der Waals surface area contributed by atoms with Crippen molar-refractivity contribution in [3.63, 3.8) is 0 Å². The van der Waals surface area contributed by atoms with E-state index in [4.69, 9.17) is 0 Å². The third kappa shape index (κ3) is 3.68. The molecule has 3 rings (SSSR count). The van der Waals surface area contributed by atoms with Crippen molar-refractivity contribution in [3.8, 4) is 0 Å². The summed E-state index contributed by atoms with van der Waals surface area (Å²) in [7, 11) is 0. The molecule has 3 heteroatoms. The van der Waals surface area contributed by atoms with Gasteiger partial charge in [-0.25, -0.2) is 0 Å². The minimum absolute atomic E-state index is 0.786. The van der Waals surface area contributed by atoms with Gasteiger partial charge >= 0.3 is 0 Å². The van der Waals surface area contributed by atoms with Gasteiger partial charge in [-0.3, -0.25) is 4.90 Å². The SMILES string of the molecule is c1cc(CN(Cc2ccsc2)C2CCCCC2)cs1. The lowest BCUT2D eigenvalue weighted by molar-refractivity contribution is 0.140. The van der Waals surface area contributed by atoms with Crippen LogP contribution in [0.25, 0.3) is 0 Å². The van der Waals surface area contributed by atoms with Crippen LogP contribution < -0.4 is 0 Å². The van der Waals surface area contributed by atoms with Gasteiger partial charge in [0.15, 0.2) is 0 Å². The molecule has 0 unspecified atom stereocenters. The molecular weight excluding hydrogens is 270 g/mol. The molecule has 1 aliphatic rings. The molecule has 1 saturated carbocycles. The van der Waals surface area contributed by atoms with Gasteiger partial charge in [0.25, 0.3) is 0 Å². The summed E-state index contributed by atoms with van der Waals surface area (Å²) >= 11 is 3.62. The highest BCUT2D eigenvalue weighted by molar-refractivity contribution is 7.08. The van der Waals surface area contributed by atoms with Crippen molar-refractivity contribution >= 4 is 22.7 Å². The summed E-state index contributed by atoms with van der Waals surface area (Å²) in [5.41, 5.74) is 2.96. The highest BCUT2D eigenvalue weighted by Gasteiger charge is 2.21. The first kappa shape index (κ1) is 13.3. The van der Waals surface area contributed by atoms with Crippen molar-refractivity contribution in [1.29, 1.82) is 0 Å². The molecule has 0 saturated heterocycles. The zero-order valence-electron chi connectivity index (χ0n) is 11.3. The first-order valence-corrected chi connectivity index (χ1v) is 9.06. The first-order valence-electron chi connectivity index (χ1n) is 7.18. The summed E-state index contributed by atoms with van der Waals surface area (Å²) in [6.07, 6.45) is 7.02. The van der Waals surface area contributed by atoms with Gasteiger partial charge in [-0.05, 0) is 57.6 Å². The minimum atomic E-state index is 0.786. The van der Waals surface area contributed by atoms with Crippen molar-refractivity contribution in [2.24, 2.45) is 0 Å².